The van der Waals surface area contributed by atoms with Crippen molar-refractivity contribution in [1.29, 1.82) is 0 Å². The van der Waals surface area contributed by atoms with Gasteiger partial charge in [-0.25, -0.2) is 4.79 Å². The van der Waals surface area contributed by atoms with Crippen molar-refractivity contribution in [3.8, 4) is 0 Å². The zero-order chi connectivity index (χ0) is 11.5. The first-order chi connectivity index (χ1) is 7.68. The maximum Gasteiger partial charge on any atom is 0.327 e. The molecular weight excluding hydrogens is 202 g/mol. The first kappa shape index (κ1) is 11.1. The van der Waals surface area contributed by atoms with Gasteiger partial charge in [-0.15, -0.1) is 0 Å². The third kappa shape index (κ3) is 2.25. The van der Waals surface area contributed by atoms with E-state index >= 15 is 0 Å². The van der Waals surface area contributed by atoms with Gasteiger partial charge in [-0.05, 0) is 11.5 Å². The van der Waals surface area contributed by atoms with Crippen molar-refractivity contribution in [3.63, 3.8) is 0 Å². The predicted octanol–water partition coefficient (Wildman–Crippen LogP) is 1.90. The summed E-state index contributed by atoms with van der Waals surface area (Å²) in [6.45, 7) is 4.72. The van der Waals surface area contributed by atoms with Gasteiger partial charge in [-0.1, -0.05) is 44.2 Å². The summed E-state index contributed by atoms with van der Waals surface area (Å²) in [5.74, 6) is 0.280. The van der Waals surface area contributed by atoms with Crippen molar-refractivity contribution >= 4 is 5.97 Å². The quantitative estimate of drug-likeness (QED) is 0.772. The normalized spacial score (nSPS) is 25.6. The molecular formula is C13H17NO2. The smallest absolute Gasteiger partial charge is 0.327 e. The second-order valence-electron chi connectivity index (χ2n) is 4.49. The summed E-state index contributed by atoms with van der Waals surface area (Å²) < 4.78 is 5.22. The lowest BCUT2D eigenvalue weighted by molar-refractivity contribution is -0.152. The Morgan fingerprint density at radius 1 is 1.31 bits per heavy atom. The van der Waals surface area contributed by atoms with Crippen molar-refractivity contribution in [2.24, 2.45) is 5.92 Å². The standard InChI is InChI=1S/C13H17NO2/c1-9(2)11-8-16-13(15)12(14-11)10-6-4-3-5-7-10/h3-7,9,11-12,14H,8H2,1-2H3/t11-,12+/m0/s1. The SMILES string of the molecule is CC(C)[C@@H]1COC(=O)[C@@H](c2ccccc2)N1. The monoisotopic (exact) mass is 219 g/mol. The zero-order valence-electron chi connectivity index (χ0n) is 9.64. The Balaban J connectivity index is 2.16. The molecule has 0 spiro atoms. The molecule has 0 aromatic heterocycles. The van der Waals surface area contributed by atoms with Crippen molar-refractivity contribution in [3.05, 3.63) is 35.9 Å². The number of morpholine rings is 1. The van der Waals surface area contributed by atoms with Gasteiger partial charge < -0.3 is 4.74 Å². The summed E-state index contributed by atoms with van der Waals surface area (Å²) in [7, 11) is 0. The summed E-state index contributed by atoms with van der Waals surface area (Å²) in [6.07, 6.45) is 0. The summed E-state index contributed by atoms with van der Waals surface area (Å²) in [5, 5.41) is 3.34. The Morgan fingerprint density at radius 2 is 2.00 bits per heavy atom. The lowest BCUT2D eigenvalue weighted by Gasteiger charge is -2.32. The molecule has 0 radical (unpaired) electrons. The Bertz CT molecular complexity index is 361. The number of carbonyl (C=O) groups excluding carboxylic acids is 1. The summed E-state index contributed by atoms with van der Waals surface area (Å²) in [5.41, 5.74) is 0.970. The molecule has 3 heteroatoms. The van der Waals surface area contributed by atoms with Crippen LogP contribution in [0.3, 0.4) is 0 Å². The van der Waals surface area contributed by atoms with Crippen LogP contribution in [0.15, 0.2) is 30.3 Å². The van der Waals surface area contributed by atoms with E-state index in [0.717, 1.165) is 5.56 Å². The van der Waals surface area contributed by atoms with Crippen molar-refractivity contribution in [2.45, 2.75) is 25.9 Å². The second-order valence-corrected chi connectivity index (χ2v) is 4.49. The van der Waals surface area contributed by atoms with E-state index in [0.29, 0.717) is 12.5 Å². The largest absolute Gasteiger partial charge is 0.463 e. The molecule has 1 N–H and O–H groups in total. The van der Waals surface area contributed by atoms with Crippen LogP contribution in [-0.2, 0) is 9.53 Å². The van der Waals surface area contributed by atoms with Crippen LogP contribution in [0.1, 0.15) is 25.5 Å². The molecule has 86 valence electrons. The van der Waals surface area contributed by atoms with Crippen LogP contribution in [0.2, 0.25) is 0 Å². The van der Waals surface area contributed by atoms with Gasteiger partial charge in [0.2, 0.25) is 0 Å². The van der Waals surface area contributed by atoms with Crippen LogP contribution < -0.4 is 5.32 Å². The third-order valence-corrected chi connectivity index (χ3v) is 2.96. The van der Waals surface area contributed by atoms with E-state index in [-0.39, 0.29) is 18.1 Å². The molecule has 0 amide bonds. The van der Waals surface area contributed by atoms with Crippen molar-refractivity contribution in [1.82, 2.24) is 5.32 Å². The highest BCUT2D eigenvalue weighted by Gasteiger charge is 2.31. The van der Waals surface area contributed by atoms with E-state index in [2.05, 4.69) is 19.2 Å². The molecule has 1 aliphatic heterocycles. The molecule has 0 aliphatic carbocycles. The second kappa shape index (κ2) is 4.66. The number of rotatable bonds is 2. The summed E-state index contributed by atoms with van der Waals surface area (Å²) in [4.78, 5) is 11.7. The molecule has 0 unspecified atom stereocenters. The number of carbonyl (C=O) groups is 1. The van der Waals surface area contributed by atoms with Gasteiger partial charge >= 0.3 is 5.97 Å². The Hall–Kier alpha value is -1.35. The fourth-order valence-electron chi connectivity index (χ4n) is 1.85. The Kier molecular flexibility index (Phi) is 3.25. The van der Waals surface area contributed by atoms with Crippen LogP contribution in [0.4, 0.5) is 0 Å². The van der Waals surface area contributed by atoms with Gasteiger partial charge in [0.25, 0.3) is 0 Å². The average Bonchev–Trinajstić information content (AvgIpc) is 2.30. The maximum atomic E-state index is 11.7. The number of ether oxygens (including phenoxy) is 1. The van der Waals surface area contributed by atoms with E-state index in [4.69, 9.17) is 4.74 Å². The Labute approximate surface area is 95.8 Å². The predicted molar refractivity (Wildman–Crippen MR) is 61.9 cm³/mol. The minimum Gasteiger partial charge on any atom is -0.463 e. The minimum atomic E-state index is -0.317. The lowest BCUT2D eigenvalue weighted by atomic mass is 9.99. The fraction of sp³-hybridized carbons (Fsp3) is 0.462. The highest BCUT2D eigenvalue weighted by atomic mass is 16.5. The highest BCUT2D eigenvalue weighted by Crippen LogP contribution is 2.21. The maximum absolute atomic E-state index is 11.7. The van der Waals surface area contributed by atoms with E-state index < -0.39 is 0 Å². The molecule has 2 rings (SSSR count). The van der Waals surface area contributed by atoms with Gasteiger partial charge in [0.1, 0.15) is 12.6 Å². The van der Waals surface area contributed by atoms with Crippen LogP contribution in [0.25, 0.3) is 0 Å². The van der Waals surface area contributed by atoms with Gasteiger partial charge in [0, 0.05) is 6.04 Å². The zero-order valence-corrected chi connectivity index (χ0v) is 9.64. The number of benzene rings is 1. The number of cyclic esters (lactones) is 1. The molecule has 2 atom stereocenters. The van der Waals surface area contributed by atoms with Gasteiger partial charge in [-0.3, -0.25) is 5.32 Å². The molecule has 1 fully saturated rings. The van der Waals surface area contributed by atoms with Crippen molar-refractivity contribution < 1.29 is 9.53 Å². The van der Waals surface area contributed by atoms with Crippen LogP contribution >= 0.6 is 0 Å². The molecule has 1 aromatic carbocycles. The number of nitrogens with one attached hydrogen (secondary N) is 1. The van der Waals surface area contributed by atoms with E-state index in [1.807, 2.05) is 30.3 Å². The Morgan fingerprint density at radius 3 is 2.62 bits per heavy atom. The highest BCUT2D eigenvalue weighted by molar-refractivity contribution is 5.78. The summed E-state index contributed by atoms with van der Waals surface area (Å²) >= 11 is 0. The van der Waals surface area contributed by atoms with E-state index in [1.54, 1.807) is 0 Å². The molecule has 3 nitrogen and oxygen atoms in total. The molecule has 16 heavy (non-hydrogen) atoms. The van der Waals surface area contributed by atoms with Gasteiger partial charge in [0.05, 0.1) is 0 Å². The third-order valence-electron chi connectivity index (χ3n) is 2.96. The molecule has 1 aromatic rings. The number of hydrogen-bond acceptors (Lipinski definition) is 3. The molecule has 0 bridgehead atoms. The van der Waals surface area contributed by atoms with Crippen LogP contribution in [0.5, 0.6) is 0 Å². The minimum absolute atomic E-state index is 0.178. The van der Waals surface area contributed by atoms with Crippen LogP contribution in [0, 0.1) is 5.92 Å². The van der Waals surface area contributed by atoms with Gasteiger partial charge in [0.15, 0.2) is 0 Å². The first-order valence-electron chi connectivity index (χ1n) is 5.66. The topological polar surface area (TPSA) is 38.3 Å². The lowest BCUT2D eigenvalue weighted by Crippen LogP contribution is -2.49. The fourth-order valence-corrected chi connectivity index (χ4v) is 1.85. The van der Waals surface area contributed by atoms with E-state index in [9.17, 15) is 4.79 Å². The summed E-state index contributed by atoms with van der Waals surface area (Å²) in [6, 6.07) is 9.62. The van der Waals surface area contributed by atoms with Crippen molar-refractivity contribution in [2.75, 3.05) is 6.61 Å². The van der Waals surface area contributed by atoms with Gasteiger partial charge in [-0.2, -0.15) is 0 Å². The number of hydrogen-bond donors (Lipinski definition) is 1. The molecule has 0 saturated carbocycles. The number of esters is 1. The van der Waals surface area contributed by atoms with Crippen LogP contribution in [-0.4, -0.2) is 18.6 Å². The molecule has 1 heterocycles. The van der Waals surface area contributed by atoms with E-state index in [1.165, 1.54) is 0 Å². The molecule has 1 aliphatic rings. The average molecular weight is 219 g/mol. The molecule has 1 saturated heterocycles. The first-order valence-corrected chi connectivity index (χ1v) is 5.66.